The van der Waals surface area contributed by atoms with Crippen molar-refractivity contribution in [2.24, 2.45) is 0 Å². The summed E-state index contributed by atoms with van der Waals surface area (Å²) in [6.45, 7) is 0. The van der Waals surface area contributed by atoms with Gasteiger partial charge in [-0.25, -0.2) is 0 Å². The third-order valence-corrected chi connectivity index (χ3v) is 3.93. The fraction of sp³-hybridized carbons (Fsp3) is 0.375. The summed E-state index contributed by atoms with van der Waals surface area (Å²) in [5, 5.41) is 21.8. The molecule has 0 spiro atoms. The van der Waals surface area contributed by atoms with Crippen LogP contribution in [0.25, 0.3) is 6.08 Å². The number of ether oxygens (including phenoxy) is 1. The number of benzene rings is 1. The second kappa shape index (κ2) is 7.19. The molecule has 1 fully saturated rings. The van der Waals surface area contributed by atoms with E-state index in [4.69, 9.17) is 16.3 Å². The van der Waals surface area contributed by atoms with Crippen LogP contribution in [0, 0.1) is 11.3 Å². The van der Waals surface area contributed by atoms with E-state index in [1.54, 1.807) is 0 Å². The lowest BCUT2D eigenvalue weighted by Gasteiger charge is -2.11. The first kappa shape index (κ1) is 16.2. The third-order valence-electron chi connectivity index (χ3n) is 3.64. The number of methoxy groups -OCH3 is 1. The zero-order valence-electron chi connectivity index (χ0n) is 12.2. The summed E-state index contributed by atoms with van der Waals surface area (Å²) in [5.41, 5.74) is 0.508. The Morgan fingerprint density at radius 1 is 1.50 bits per heavy atom. The van der Waals surface area contributed by atoms with Crippen molar-refractivity contribution in [3.8, 4) is 17.6 Å². The lowest BCUT2D eigenvalue weighted by molar-refractivity contribution is -0.117. The Hall–Kier alpha value is -2.19. The van der Waals surface area contributed by atoms with Gasteiger partial charge >= 0.3 is 0 Å². The van der Waals surface area contributed by atoms with E-state index in [1.807, 2.05) is 6.07 Å². The van der Waals surface area contributed by atoms with Crippen LogP contribution in [0.1, 0.15) is 31.2 Å². The molecular weight excluding hydrogens is 304 g/mol. The number of aromatic hydroxyl groups is 1. The molecule has 22 heavy (non-hydrogen) atoms. The Morgan fingerprint density at radius 2 is 2.18 bits per heavy atom. The largest absolute Gasteiger partial charge is 0.503 e. The van der Waals surface area contributed by atoms with Crippen molar-refractivity contribution in [3.05, 3.63) is 28.3 Å². The normalized spacial score (nSPS) is 15.4. The molecule has 1 aliphatic carbocycles. The number of phenols is 1. The van der Waals surface area contributed by atoms with E-state index in [2.05, 4.69) is 5.32 Å². The summed E-state index contributed by atoms with van der Waals surface area (Å²) in [6, 6.07) is 5.03. The molecule has 2 N–H and O–H groups in total. The number of carbonyl (C=O) groups is 1. The van der Waals surface area contributed by atoms with Crippen molar-refractivity contribution < 1.29 is 14.6 Å². The van der Waals surface area contributed by atoms with Crippen LogP contribution < -0.4 is 10.1 Å². The van der Waals surface area contributed by atoms with E-state index in [9.17, 15) is 15.2 Å². The Morgan fingerprint density at radius 3 is 2.77 bits per heavy atom. The summed E-state index contributed by atoms with van der Waals surface area (Å²) in [7, 11) is 1.40. The number of nitrogens with zero attached hydrogens (tertiary/aromatic N) is 1. The topological polar surface area (TPSA) is 82.3 Å². The zero-order valence-corrected chi connectivity index (χ0v) is 13.0. The quantitative estimate of drug-likeness (QED) is 0.660. The molecule has 0 unspecified atom stereocenters. The van der Waals surface area contributed by atoms with Crippen molar-refractivity contribution in [3.63, 3.8) is 0 Å². The lowest BCUT2D eigenvalue weighted by atomic mass is 10.1. The Bertz CT molecular complexity index is 644. The SMILES string of the molecule is COc1cc(/C=C(/C#N)C(=O)NC2CCCC2)cc(Cl)c1O. The summed E-state index contributed by atoms with van der Waals surface area (Å²) in [6.07, 6.45) is 5.52. The number of rotatable bonds is 4. The lowest BCUT2D eigenvalue weighted by Crippen LogP contribution is -2.33. The van der Waals surface area contributed by atoms with Gasteiger partial charge in [0.2, 0.25) is 0 Å². The second-order valence-corrected chi connectivity index (χ2v) is 5.59. The van der Waals surface area contributed by atoms with Gasteiger partial charge < -0.3 is 15.2 Å². The predicted molar refractivity (Wildman–Crippen MR) is 83.7 cm³/mol. The van der Waals surface area contributed by atoms with Gasteiger partial charge in [0.25, 0.3) is 5.91 Å². The highest BCUT2D eigenvalue weighted by Crippen LogP contribution is 2.35. The van der Waals surface area contributed by atoms with Crippen LogP contribution in [0.2, 0.25) is 5.02 Å². The first-order valence-electron chi connectivity index (χ1n) is 7.04. The molecule has 0 saturated heterocycles. The first-order chi connectivity index (χ1) is 10.5. The average molecular weight is 321 g/mol. The van der Waals surface area contributed by atoms with Crippen LogP contribution in [0.4, 0.5) is 0 Å². The van der Waals surface area contributed by atoms with Crippen LogP contribution in [0.15, 0.2) is 17.7 Å². The second-order valence-electron chi connectivity index (χ2n) is 5.18. The highest BCUT2D eigenvalue weighted by Gasteiger charge is 2.19. The van der Waals surface area contributed by atoms with Gasteiger partial charge in [-0.3, -0.25) is 4.79 Å². The highest BCUT2D eigenvalue weighted by atomic mass is 35.5. The molecule has 0 radical (unpaired) electrons. The average Bonchev–Trinajstić information content (AvgIpc) is 3.00. The molecule has 5 nitrogen and oxygen atoms in total. The van der Waals surface area contributed by atoms with Crippen LogP contribution in [0.3, 0.4) is 0 Å². The molecule has 0 bridgehead atoms. The number of halogens is 1. The van der Waals surface area contributed by atoms with Crippen molar-refractivity contribution in [1.82, 2.24) is 5.32 Å². The molecule has 0 heterocycles. The molecule has 6 heteroatoms. The highest BCUT2D eigenvalue weighted by molar-refractivity contribution is 6.32. The van der Waals surface area contributed by atoms with Crippen molar-refractivity contribution in [1.29, 1.82) is 5.26 Å². The van der Waals surface area contributed by atoms with Gasteiger partial charge in [-0.15, -0.1) is 0 Å². The van der Waals surface area contributed by atoms with Gasteiger partial charge in [0.15, 0.2) is 11.5 Å². The van der Waals surface area contributed by atoms with Gasteiger partial charge in [-0.2, -0.15) is 5.26 Å². The van der Waals surface area contributed by atoms with E-state index in [0.29, 0.717) is 5.56 Å². The molecule has 116 valence electrons. The maximum atomic E-state index is 12.1. The molecule has 1 amide bonds. The number of amides is 1. The smallest absolute Gasteiger partial charge is 0.262 e. The van der Waals surface area contributed by atoms with Gasteiger partial charge in [0.1, 0.15) is 11.6 Å². The van der Waals surface area contributed by atoms with E-state index in [0.717, 1.165) is 25.7 Å². The Kier molecular flexibility index (Phi) is 5.29. The van der Waals surface area contributed by atoms with Crippen LogP contribution in [0.5, 0.6) is 11.5 Å². The van der Waals surface area contributed by atoms with Crippen LogP contribution >= 0.6 is 11.6 Å². The van der Waals surface area contributed by atoms with Crippen molar-refractivity contribution >= 4 is 23.6 Å². The summed E-state index contributed by atoms with van der Waals surface area (Å²) >= 11 is 5.90. The first-order valence-corrected chi connectivity index (χ1v) is 7.42. The molecule has 1 aliphatic rings. The van der Waals surface area contributed by atoms with Gasteiger partial charge in [-0.1, -0.05) is 24.4 Å². The molecule has 0 aromatic heterocycles. The number of hydrogen-bond donors (Lipinski definition) is 2. The van der Waals surface area contributed by atoms with E-state index < -0.39 is 5.91 Å². The molecule has 1 aromatic carbocycles. The minimum absolute atomic E-state index is 0.00397. The van der Waals surface area contributed by atoms with Crippen molar-refractivity contribution in [2.45, 2.75) is 31.7 Å². The van der Waals surface area contributed by atoms with Gasteiger partial charge in [0.05, 0.1) is 12.1 Å². The molecular formula is C16H17ClN2O3. The Labute approximate surface area is 134 Å². The Balaban J connectivity index is 2.23. The number of carbonyl (C=O) groups excluding carboxylic acids is 1. The summed E-state index contributed by atoms with van der Waals surface area (Å²) in [5.74, 6) is -0.375. The maximum Gasteiger partial charge on any atom is 0.262 e. The molecule has 2 rings (SSSR count). The van der Waals surface area contributed by atoms with Crippen LogP contribution in [-0.2, 0) is 4.79 Å². The van der Waals surface area contributed by atoms with Gasteiger partial charge in [-0.05, 0) is 36.6 Å². The van der Waals surface area contributed by atoms with Crippen molar-refractivity contribution in [2.75, 3.05) is 7.11 Å². The molecule has 1 saturated carbocycles. The minimum Gasteiger partial charge on any atom is -0.503 e. The van der Waals surface area contributed by atoms with E-state index in [1.165, 1.54) is 25.3 Å². The molecule has 0 aliphatic heterocycles. The molecule has 0 atom stereocenters. The number of hydrogen-bond acceptors (Lipinski definition) is 4. The molecule has 1 aromatic rings. The number of nitriles is 1. The predicted octanol–water partition coefficient (Wildman–Crippen LogP) is 3.02. The number of phenolic OH excluding ortho intramolecular Hbond substituents is 1. The zero-order chi connectivity index (χ0) is 16.1. The summed E-state index contributed by atoms with van der Waals surface area (Å²) < 4.78 is 5.00. The third kappa shape index (κ3) is 3.71. The van der Waals surface area contributed by atoms with E-state index >= 15 is 0 Å². The summed E-state index contributed by atoms with van der Waals surface area (Å²) in [4.78, 5) is 12.1. The fourth-order valence-electron chi connectivity index (χ4n) is 2.48. The van der Waals surface area contributed by atoms with Crippen LogP contribution in [-0.4, -0.2) is 24.2 Å². The monoisotopic (exact) mass is 320 g/mol. The minimum atomic E-state index is -0.391. The number of nitrogens with one attached hydrogen (secondary N) is 1. The van der Waals surface area contributed by atoms with Gasteiger partial charge in [0, 0.05) is 6.04 Å². The standard InChI is InChI=1S/C16H17ClN2O3/c1-22-14-8-10(7-13(17)15(14)20)6-11(9-18)16(21)19-12-4-2-3-5-12/h6-8,12,20H,2-5H2,1H3,(H,19,21)/b11-6-. The maximum absolute atomic E-state index is 12.1. The van der Waals surface area contributed by atoms with E-state index in [-0.39, 0.29) is 28.1 Å². The fourth-order valence-corrected chi connectivity index (χ4v) is 2.70.